The van der Waals surface area contributed by atoms with Crippen LogP contribution in [0.2, 0.25) is 0 Å². The number of aromatic nitrogens is 2. The van der Waals surface area contributed by atoms with Crippen LogP contribution in [0, 0.1) is 0 Å². The number of hydrogen-bond donors (Lipinski definition) is 1. The highest BCUT2D eigenvalue weighted by molar-refractivity contribution is 5.51. The van der Waals surface area contributed by atoms with Gasteiger partial charge in [0.2, 0.25) is 11.8 Å². The van der Waals surface area contributed by atoms with Gasteiger partial charge in [-0.15, -0.1) is 10.2 Å². The largest absolute Gasteiger partial charge is 0.419 e. The summed E-state index contributed by atoms with van der Waals surface area (Å²) in [5, 5.41) is 11.9. The molecule has 1 N–H and O–H groups in total. The Morgan fingerprint density at radius 1 is 1.13 bits per heavy atom. The van der Waals surface area contributed by atoms with Crippen LogP contribution >= 0.6 is 0 Å². The zero-order chi connectivity index (χ0) is 16.7. The smallest absolute Gasteiger partial charge is 0.247 e. The molecule has 2 atom stereocenters. The molecule has 1 aliphatic rings. The van der Waals surface area contributed by atoms with Gasteiger partial charge in [-0.3, -0.25) is 0 Å². The number of nitrogens with zero attached hydrogens (tertiary/aromatic N) is 2. The molecule has 124 valence electrons. The second-order valence-electron chi connectivity index (χ2n) is 7.42. The molecule has 1 aliphatic heterocycles. The molecule has 1 saturated heterocycles. The van der Waals surface area contributed by atoms with Crippen molar-refractivity contribution in [2.75, 3.05) is 0 Å². The summed E-state index contributed by atoms with van der Waals surface area (Å²) in [6, 6.07) is 10.0. The molecule has 1 fully saturated rings. The van der Waals surface area contributed by atoms with Gasteiger partial charge < -0.3 is 14.5 Å². The number of ether oxygens (including phenoxy) is 1. The van der Waals surface area contributed by atoms with E-state index >= 15 is 0 Å². The predicted octanol–water partition coefficient (Wildman–Crippen LogP) is 3.73. The van der Waals surface area contributed by atoms with Crippen molar-refractivity contribution in [2.24, 2.45) is 0 Å². The Morgan fingerprint density at radius 3 is 2.43 bits per heavy atom. The fourth-order valence-corrected chi connectivity index (χ4v) is 3.30. The van der Waals surface area contributed by atoms with Crippen molar-refractivity contribution in [2.45, 2.75) is 64.3 Å². The van der Waals surface area contributed by atoms with Gasteiger partial charge in [-0.1, -0.05) is 18.2 Å². The molecule has 1 aromatic carbocycles. The van der Waals surface area contributed by atoms with E-state index in [0.717, 1.165) is 12.0 Å². The zero-order valence-electron chi connectivity index (χ0n) is 14.5. The van der Waals surface area contributed by atoms with Crippen molar-refractivity contribution in [3.8, 4) is 11.5 Å². The summed E-state index contributed by atoms with van der Waals surface area (Å²) in [5.74, 6) is 1.15. The minimum Gasteiger partial charge on any atom is -0.419 e. The van der Waals surface area contributed by atoms with Gasteiger partial charge in [0, 0.05) is 11.6 Å². The van der Waals surface area contributed by atoms with Crippen LogP contribution in [0.5, 0.6) is 0 Å². The van der Waals surface area contributed by atoms with E-state index in [1.807, 2.05) is 37.3 Å². The zero-order valence-corrected chi connectivity index (χ0v) is 14.5. The van der Waals surface area contributed by atoms with E-state index in [-0.39, 0.29) is 23.3 Å². The topological polar surface area (TPSA) is 60.2 Å². The number of rotatable bonds is 4. The van der Waals surface area contributed by atoms with Crippen molar-refractivity contribution in [3.05, 3.63) is 36.2 Å². The van der Waals surface area contributed by atoms with Crippen molar-refractivity contribution in [3.63, 3.8) is 0 Å². The quantitative estimate of drug-likeness (QED) is 0.931. The lowest BCUT2D eigenvalue weighted by atomic mass is 9.94. The molecule has 3 rings (SSSR count). The van der Waals surface area contributed by atoms with E-state index < -0.39 is 0 Å². The lowest BCUT2D eigenvalue weighted by Crippen LogP contribution is -2.44. The Bertz CT molecular complexity index is 664. The Labute approximate surface area is 137 Å². The molecule has 2 aromatic rings. The lowest BCUT2D eigenvalue weighted by Gasteiger charge is -2.29. The number of nitrogens with one attached hydrogen (secondary N) is 1. The third kappa shape index (κ3) is 3.46. The Balaban J connectivity index is 1.72. The van der Waals surface area contributed by atoms with Gasteiger partial charge in [0.1, 0.15) is 0 Å². The third-order valence-corrected chi connectivity index (χ3v) is 4.36. The molecule has 5 nitrogen and oxygen atoms in total. The average Bonchev–Trinajstić information content (AvgIpc) is 3.02. The summed E-state index contributed by atoms with van der Waals surface area (Å²) >= 11 is 0. The van der Waals surface area contributed by atoms with Crippen molar-refractivity contribution >= 4 is 0 Å². The van der Waals surface area contributed by atoms with Gasteiger partial charge in [0.25, 0.3) is 0 Å². The molecule has 0 saturated carbocycles. The van der Waals surface area contributed by atoms with Crippen molar-refractivity contribution in [1.82, 2.24) is 15.5 Å². The van der Waals surface area contributed by atoms with Gasteiger partial charge in [0.05, 0.1) is 17.2 Å². The maximum Gasteiger partial charge on any atom is 0.247 e. The van der Waals surface area contributed by atoms with Gasteiger partial charge in [-0.2, -0.15) is 0 Å². The van der Waals surface area contributed by atoms with Crippen LogP contribution in [0.3, 0.4) is 0 Å². The molecule has 5 heteroatoms. The summed E-state index contributed by atoms with van der Waals surface area (Å²) in [5.41, 5.74) is 0.592. The fourth-order valence-electron chi connectivity index (χ4n) is 3.30. The minimum atomic E-state index is -0.222. The standard InChI is InChI=1S/C18H25N3O2/c1-12(19-14-11-17(2,3)23-18(14,4)5)15-20-21-16(22-15)13-9-7-6-8-10-13/h6-10,12,14,19H,11H2,1-5H3/t12-,14-/m0/s1. The van der Waals surface area contributed by atoms with E-state index in [9.17, 15) is 0 Å². The van der Waals surface area contributed by atoms with Gasteiger partial charge in [0.15, 0.2) is 0 Å². The van der Waals surface area contributed by atoms with Crippen LogP contribution < -0.4 is 5.32 Å². The molecule has 1 aromatic heterocycles. The Hall–Kier alpha value is -1.72. The third-order valence-electron chi connectivity index (χ3n) is 4.36. The first-order valence-electron chi connectivity index (χ1n) is 8.12. The first-order chi connectivity index (χ1) is 10.8. The normalized spacial score (nSPS) is 23.8. The van der Waals surface area contributed by atoms with E-state index in [4.69, 9.17) is 9.15 Å². The van der Waals surface area contributed by atoms with E-state index in [2.05, 4.69) is 43.2 Å². The second-order valence-corrected chi connectivity index (χ2v) is 7.42. The highest BCUT2D eigenvalue weighted by Crippen LogP contribution is 2.38. The average molecular weight is 315 g/mol. The van der Waals surface area contributed by atoms with Crippen LogP contribution in [-0.2, 0) is 4.74 Å². The van der Waals surface area contributed by atoms with Gasteiger partial charge in [-0.05, 0) is 53.2 Å². The van der Waals surface area contributed by atoms with Crippen molar-refractivity contribution in [1.29, 1.82) is 0 Å². The molecule has 23 heavy (non-hydrogen) atoms. The van der Waals surface area contributed by atoms with E-state index in [0.29, 0.717) is 11.8 Å². The molecule has 0 bridgehead atoms. The Morgan fingerprint density at radius 2 is 1.83 bits per heavy atom. The molecular formula is C18H25N3O2. The maximum atomic E-state index is 6.13. The number of benzene rings is 1. The lowest BCUT2D eigenvalue weighted by molar-refractivity contribution is -0.0705. The molecule has 2 heterocycles. The highest BCUT2D eigenvalue weighted by Gasteiger charge is 2.46. The molecule has 0 amide bonds. The van der Waals surface area contributed by atoms with Gasteiger partial charge >= 0.3 is 0 Å². The van der Waals surface area contributed by atoms with Gasteiger partial charge in [-0.25, -0.2) is 0 Å². The van der Waals surface area contributed by atoms with Crippen LogP contribution in [0.15, 0.2) is 34.7 Å². The second kappa shape index (κ2) is 5.73. The first kappa shape index (κ1) is 16.1. The minimum absolute atomic E-state index is 0.0262. The molecular weight excluding hydrogens is 290 g/mol. The summed E-state index contributed by atoms with van der Waals surface area (Å²) in [7, 11) is 0. The van der Waals surface area contributed by atoms with Crippen molar-refractivity contribution < 1.29 is 9.15 Å². The van der Waals surface area contributed by atoms with E-state index in [1.54, 1.807) is 0 Å². The highest BCUT2D eigenvalue weighted by atomic mass is 16.5. The Kier molecular flexibility index (Phi) is 4.02. The maximum absolute atomic E-state index is 6.13. The van der Waals surface area contributed by atoms with Crippen LogP contribution in [0.25, 0.3) is 11.5 Å². The van der Waals surface area contributed by atoms with Crippen LogP contribution in [-0.4, -0.2) is 27.4 Å². The summed E-state index contributed by atoms with van der Waals surface area (Å²) < 4.78 is 12.0. The molecule has 0 aliphatic carbocycles. The summed E-state index contributed by atoms with van der Waals surface area (Å²) in [6.07, 6.45) is 0.948. The summed E-state index contributed by atoms with van der Waals surface area (Å²) in [4.78, 5) is 0. The van der Waals surface area contributed by atoms with Crippen LogP contribution in [0.4, 0.5) is 0 Å². The molecule has 0 spiro atoms. The SMILES string of the molecule is C[C@H](N[C@H]1CC(C)(C)OC1(C)C)c1nnc(-c2ccccc2)o1. The summed E-state index contributed by atoms with van der Waals surface area (Å²) in [6.45, 7) is 10.5. The first-order valence-corrected chi connectivity index (χ1v) is 8.12. The molecule has 0 unspecified atom stereocenters. The van der Waals surface area contributed by atoms with E-state index in [1.165, 1.54) is 0 Å². The monoisotopic (exact) mass is 315 g/mol. The fraction of sp³-hybridized carbons (Fsp3) is 0.556. The number of hydrogen-bond acceptors (Lipinski definition) is 5. The molecule has 0 radical (unpaired) electrons. The predicted molar refractivity (Wildman–Crippen MR) is 88.9 cm³/mol. The van der Waals surface area contributed by atoms with Crippen LogP contribution in [0.1, 0.15) is 53.0 Å².